The molecule has 0 aliphatic heterocycles. The van der Waals surface area contributed by atoms with E-state index in [0.717, 1.165) is 11.1 Å². The Bertz CT molecular complexity index is 1420. The highest BCUT2D eigenvalue weighted by Gasteiger charge is 2.15. The number of carbonyl (C=O) groups is 2. The Morgan fingerprint density at radius 3 is 2.34 bits per heavy atom. The Morgan fingerprint density at radius 1 is 1.03 bits per heavy atom. The molecule has 0 aliphatic rings. The monoisotopic (exact) mass is 489 g/mol. The molecule has 0 fully saturated rings. The number of nitrogens with one attached hydrogen (secondary N) is 1. The highest BCUT2D eigenvalue weighted by molar-refractivity contribution is 7.17. The van der Waals surface area contributed by atoms with Crippen LogP contribution in [0.3, 0.4) is 0 Å². The Hall–Kier alpha value is -3.78. The van der Waals surface area contributed by atoms with Gasteiger partial charge in [-0.25, -0.2) is 9.78 Å². The van der Waals surface area contributed by atoms with Crippen LogP contribution in [0.2, 0.25) is 0 Å². The number of thiophene rings is 1. The quantitative estimate of drug-likeness (QED) is 0.349. The molecule has 0 radical (unpaired) electrons. The molecule has 0 atom stereocenters. The molecule has 0 spiro atoms. The maximum absolute atomic E-state index is 13.3. The van der Waals surface area contributed by atoms with Crippen LogP contribution in [0.25, 0.3) is 21.3 Å². The van der Waals surface area contributed by atoms with Crippen molar-refractivity contribution >= 4 is 39.1 Å². The third-order valence-corrected chi connectivity index (χ3v) is 6.40. The minimum atomic E-state index is -0.422. The Balaban J connectivity index is 1.52. The zero-order valence-corrected chi connectivity index (χ0v) is 20.9. The molecule has 0 unspecified atom stereocenters. The zero-order valence-electron chi connectivity index (χ0n) is 20.1. The summed E-state index contributed by atoms with van der Waals surface area (Å²) in [5.41, 5.74) is 3.63. The second kappa shape index (κ2) is 10.2. The molecule has 2 heterocycles. The number of ether oxygens (including phenoxy) is 1. The van der Waals surface area contributed by atoms with Crippen molar-refractivity contribution in [3.63, 3.8) is 0 Å². The summed E-state index contributed by atoms with van der Waals surface area (Å²) in [5, 5.41) is 5.19. The molecule has 1 amide bonds. The second-order valence-corrected chi connectivity index (χ2v) is 9.72. The number of nitrogens with zero attached hydrogens (tertiary/aromatic N) is 2. The fourth-order valence-corrected chi connectivity index (χ4v) is 4.57. The zero-order chi connectivity index (χ0) is 25.1. The van der Waals surface area contributed by atoms with Gasteiger partial charge in [-0.15, -0.1) is 11.3 Å². The van der Waals surface area contributed by atoms with Gasteiger partial charge in [0, 0.05) is 16.6 Å². The normalized spacial score (nSPS) is 11.3. The summed E-state index contributed by atoms with van der Waals surface area (Å²) >= 11 is 1.41. The molecule has 0 bridgehead atoms. The average Bonchev–Trinajstić information content (AvgIpc) is 3.26. The molecule has 0 aliphatic carbocycles. The lowest BCUT2D eigenvalue weighted by atomic mass is 9.99. The van der Waals surface area contributed by atoms with Gasteiger partial charge in [-0.3, -0.25) is 14.2 Å². The van der Waals surface area contributed by atoms with Crippen LogP contribution >= 0.6 is 11.3 Å². The summed E-state index contributed by atoms with van der Waals surface area (Å²) in [6, 6.07) is 14.6. The minimum absolute atomic E-state index is 0.180. The Labute approximate surface area is 207 Å². The molecule has 35 heavy (non-hydrogen) atoms. The van der Waals surface area contributed by atoms with Crippen LogP contribution < -0.4 is 10.9 Å². The van der Waals surface area contributed by atoms with E-state index in [1.807, 2.05) is 17.5 Å². The van der Waals surface area contributed by atoms with E-state index in [2.05, 4.69) is 36.3 Å². The number of fused-ring (bicyclic) bond motifs is 1. The lowest BCUT2D eigenvalue weighted by Crippen LogP contribution is -2.27. The molecule has 2 aromatic heterocycles. The van der Waals surface area contributed by atoms with Gasteiger partial charge in [0.1, 0.15) is 11.4 Å². The first-order valence-corrected chi connectivity index (χ1v) is 12.3. The molecule has 2 aromatic carbocycles. The Kier molecular flexibility index (Phi) is 7.12. The summed E-state index contributed by atoms with van der Waals surface area (Å²) in [6.45, 7) is 7.65. The first kappa shape index (κ1) is 24.3. The van der Waals surface area contributed by atoms with Crippen molar-refractivity contribution < 1.29 is 14.3 Å². The predicted molar refractivity (Wildman–Crippen MR) is 139 cm³/mol. The second-order valence-electron chi connectivity index (χ2n) is 8.86. The fourth-order valence-electron chi connectivity index (χ4n) is 3.67. The fraction of sp³-hybridized carbons (Fsp3) is 0.259. The molecular weight excluding hydrogens is 462 g/mol. The van der Waals surface area contributed by atoms with Gasteiger partial charge in [0.05, 0.1) is 23.4 Å². The van der Waals surface area contributed by atoms with E-state index in [0.29, 0.717) is 27.4 Å². The van der Waals surface area contributed by atoms with Crippen LogP contribution in [-0.4, -0.2) is 27.5 Å². The van der Waals surface area contributed by atoms with Gasteiger partial charge in [-0.1, -0.05) is 38.1 Å². The van der Waals surface area contributed by atoms with Crippen LogP contribution in [-0.2, 0) is 16.1 Å². The third kappa shape index (κ3) is 5.49. The first-order chi connectivity index (χ1) is 16.7. The Morgan fingerprint density at radius 2 is 1.71 bits per heavy atom. The topological polar surface area (TPSA) is 90.3 Å². The predicted octanol–water partition coefficient (Wildman–Crippen LogP) is 5.45. The number of benzene rings is 2. The SMILES string of the molecule is CC(C)OC(=O)c1ccc(NC(=O)Cn2cnc3scc(-c4ccc(C(C)C)cc4)c3c2=O)cc1. The lowest BCUT2D eigenvalue weighted by molar-refractivity contribution is -0.116. The number of anilines is 1. The van der Waals surface area contributed by atoms with E-state index in [1.165, 1.54) is 27.8 Å². The molecule has 1 N–H and O–H groups in total. The van der Waals surface area contributed by atoms with E-state index in [4.69, 9.17) is 4.74 Å². The van der Waals surface area contributed by atoms with Crippen molar-refractivity contribution in [2.24, 2.45) is 0 Å². The van der Waals surface area contributed by atoms with Gasteiger partial charge in [-0.2, -0.15) is 0 Å². The van der Waals surface area contributed by atoms with Crippen molar-refractivity contribution in [3.8, 4) is 11.1 Å². The number of aromatic nitrogens is 2. The number of hydrogen-bond acceptors (Lipinski definition) is 6. The highest BCUT2D eigenvalue weighted by atomic mass is 32.1. The van der Waals surface area contributed by atoms with Gasteiger partial charge in [-0.05, 0) is 55.2 Å². The summed E-state index contributed by atoms with van der Waals surface area (Å²) in [7, 11) is 0. The molecule has 180 valence electrons. The average molecular weight is 490 g/mol. The van der Waals surface area contributed by atoms with E-state index >= 15 is 0 Å². The molecule has 4 aromatic rings. The van der Waals surface area contributed by atoms with Crippen LogP contribution in [0.1, 0.15) is 49.5 Å². The van der Waals surface area contributed by atoms with Crippen molar-refractivity contribution in [2.75, 3.05) is 5.32 Å². The summed E-state index contributed by atoms with van der Waals surface area (Å²) in [5.74, 6) is -0.371. The van der Waals surface area contributed by atoms with Crippen molar-refractivity contribution in [1.82, 2.24) is 9.55 Å². The van der Waals surface area contributed by atoms with Crippen molar-refractivity contribution in [1.29, 1.82) is 0 Å². The summed E-state index contributed by atoms with van der Waals surface area (Å²) in [4.78, 5) is 42.9. The van der Waals surface area contributed by atoms with Crippen molar-refractivity contribution in [3.05, 3.63) is 81.7 Å². The molecule has 0 saturated heterocycles. The number of carbonyl (C=O) groups excluding carboxylic acids is 2. The number of amides is 1. The van der Waals surface area contributed by atoms with Gasteiger partial charge in [0.15, 0.2) is 0 Å². The minimum Gasteiger partial charge on any atom is -0.459 e. The van der Waals surface area contributed by atoms with Crippen LogP contribution in [0.15, 0.2) is 65.0 Å². The van der Waals surface area contributed by atoms with E-state index < -0.39 is 5.97 Å². The van der Waals surface area contributed by atoms with Gasteiger partial charge in [0.2, 0.25) is 5.91 Å². The molecule has 8 heteroatoms. The number of esters is 1. The molecule has 4 rings (SSSR count). The molecule has 0 saturated carbocycles. The van der Waals surface area contributed by atoms with Crippen LogP contribution in [0.4, 0.5) is 5.69 Å². The third-order valence-electron chi connectivity index (χ3n) is 5.51. The molecular formula is C27H27N3O4S. The maximum atomic E-state index is 13.3. The van der Waals surface area contributed by atoms with Gasteiger partial charge >= 0.3 is 5.97 Å². The van der Waals surface area contributed by atoms with E-state index in [-0.39, 0.29) is 24.1 Å². The van der Waals surface area contributed by atoms with Gasteiger partial charge < -0.3 is 10.1 Å². The van der Waals surface area contributed by atoms with Gasteiger partial charge in [0.25, 0.3) is 5.56 Å². The number of hydrogen-bond donors (Lipinski definition) is 1. The van der Waals surface area contributed by atoms with Crippen LogP contribution in [0, 0.1) is 0 Å². The first-order valence-electron chi connectivity index (χ1n) is 11.4. The van der Waals surface area contributed by atoms with Crippen LogP contribution in [0.5, 0.6) is 0 Å². The summed E-state index contributed by atoms with van der Waals surface area (Å²) in [6.07, 6.45) is 1.19. The number of rotatable bonds is 7. The maximum Gasteiger partial charge on any atom is 0.338 e. The van der Waals surface area contributed by atoms with Crippen molar-refractivity contribution in [2.45, 2.75) is 46.3 Å². The largest absolute Gasteiger partial charge is 0.459 e. The standard InChI is InChI=1S/C27H27N3O4S/c1-16(2)18-5-7-19(8-6-18)22-14-35-25-24(22)26(32)30(15-28-25)13-23(31)29-21-11-9-20(10-12-21)27(33)34-17(3)4/h5-12,14-17H,13H2,1-4H3,(H,29,31). The lowest BCUT2D eigenvalue weighted by Gasteiger charge is -2.10. The van der Waals surface area contributed by atoms with E-state index in [9.17, 15) is 14.4 Å². The highest BCUT2D eigenvalue weighted by Crippen LogP contribution is 2.31. The summed E-state index contributed by atoms with van der Waals surface area (Å²) < 4.78 is 6.48. The smallest absolute Gasteiger partial charge is 0.338 e. The van der Waals surface area contributed by atoms with E-state index in [1.54, 1.807) is 38.1 Å². The molecule has 7 nitrogen and oxygen atoms in total.